The van der Waals surface area contributed by atoms with E-state index >= 15 is 0 Å². The lowest BCUT2D eigenvalue weighted by Gasteiger charge is -2.25. The molecule has 0 spiro atoms. The molecular formula is C38H38F2N4O6S. The molecule has 0 saturated carbocycles. The lowest BCUT2D eigenvalue weighted by Crippen LogP contribution is -2.42. The summed E-state index contributed by atoms with van der Waals surface area (Å²) < 4.78 is 55.5. The average Bonchev–Trinajstić information content (AvgIpc) is 3.14. The van der Waals surface area contributed by atoms with Gasteiger partial charge in [-0.25, -0.2) is 18.0 Å². The quantitative estimate of drug-likeness (QED) is 0.131. The van der Waals surface area contributed by atoms with E-state index in [0.717, 1.165) is 31.2 Å². The van der Waals surface area contributed by atoms with Gasteiger partial charge >= 0.3 is 17.9 Å². The van der Waals surface area contributed by atoms with E-state index < -0.39 is 40.4 Å². The number of allylic oxidation sites excluding steroid dienone is 2. The smallest absolute Gasteiger partial charge is 0.376 e. The van der Waals surface area contributed by atoms with Gasteiger partial charge in [0.1, 0.15) is 0 Å². The second-order valence-corrected chi connectivity index (χ2v) is 13.8. The SMILES string of the molecule is CCN(c1ccccc1)S(=O)(=O)c1cccc(NC(=O)N(Cc2ccc(C(=O)NCC(F)(F)C(=O)O)cc2)c2ccc(C3=CCCCC3)cc2)c1. The Kier molecular flexibility index (Phi) is 11.5. The van der Waals surface area contributed by atoms with Crippen molar-refractivity contribution in [3.8, 4) is 0 Å². The van der Waals surface area contributed by atoms with Gasteiger partial charge in [-0.05, 0) is 104 Å². The van der Waals surface area contributed by atoms with Gasteiger partial charge in [0.25, 0.3) is 15.9 Å². The van der Waals surface area contributed by atoms with Gasteiger partial charge in [0.15, 0.2) is 0 Å². The van der Waals surface area contributed by atoms with Crippen LogP contribution in [0.4, 0.5) is 30.6 Å². The number of aliphatic carboxylic acids is 1. The summed E-state index contributed by atoms with van der Waals surface area (Å²) in [6.07, 6.45) is 6.46. The predicted molar refractivity (Wildman–Crippen MR) is 193 cm³/mol. The predicted octanol–water partition coefficient (Wildman–Crippen LogP) is 7.55. The Morgan fingerprint density at radius 3 is 2.20 bits per heavy atom. The summed E-state index contributed by atoms with van der Waals surface area (Å²) in [5, 5.41) is 13.4. The van der Waals surface area contributed by atoms with Gasteiger partial charge in [0.2, 0.25) is 0 Å². The van der Waals surface area contributed by atoms with Gasteiger partial charge in [-0.2, -0.15) is 8.78 Å². The molecule has 266 valence electrons. The minimum Gasteiger partial charge on any atom is -0.477 e. The summed E-state index contributed by atoms with van der Waals surface area (Å²) in [5.41, 5.74) is 4.23. The van der Waals surface area contributed by atoms with E-state index in [0.29, 0.717) is 16.9 Å². The zero-order valence-corrected chi connectivity index (χ0v) is 28.7. The molecule has 0 saturated heterocycles. The highest BCUT2D eigenvalue weighted by Crippen LogP contribution is 2.30. The first-order chi connectivity index (χ1) is 24.4. The topological polar surface area (TPSA) is 136 Å². The van der Waals surface area contributed by atoms with Crippen LogP contribution >= 0.6 is 0 Å². The monoisotopic (exact) mass is 716 g/mol. The summed E-state index contributed by atoms with van der Waals surface area (Å²) in [6.45, 7) is 0.595. The second-order valence-electron chi connectivity index (χ2n) is 12.0. The van der Waals surface area contributed by atoms with E-state index in [1.54, 1.807) is 61.5 Å². The number of carbonyl (C=O) groups excluding carboxylic acids is 2. The molecule has 1 aliphatic rings. The Bertz CT molecular complexity index is 2000. The van der Waals surface area contributed by atoms with Crippen LogP contribution in [-0.2, 0) is 21.4 Å². The van der Waals surface area contributed by atoms with Crippen molar-refractivity contribution < 1.29 is 36.7 Å². The van der Waals surface area contributed by atoms with Crippen molar-refractivity contribution >= 4 is 50.6 Å². The Labute approximate surface area is 295 Å². The average molecular weight is 717 g/mol. The number of nitrogens with one attached hydrogen (secondary N) is 2. The van der Waals surface area contributed by atoms with Crippen molar-refractivity contribution in [1.29, 1.82) is 0 Å². The number of alkyl halides is 2. The lowest BCUT2D eigenvalue weighted by molar-refractivity contribution is -0.163. The summed E-state index contributed by atoms with van der Waals surface area (Å²) >= 11 is 0. The van der Waals surface area contributed by atoms with Crippen LogP contribution in [-0.4, -0.2) is 50.4 Å². The first kappa shape index (κ1) is 36.7. The number of para-hydroxylation sites is 1. The number of carbonyl (C=O) groups is 3. The van der Waals surface area contributed by atoms with Crippen LogP contribution in [0.3, 0.4) is 0 Å². The zero-order valence-electron chi connectivity index (χ0n) is 27.9. The molecule has 5 rings (SSSR count). The number of urea groups is 1. The third-order valence-electron chi connectivity index (χ3n) is 8.43. The van der Waals surface area contributed by atoms with Gasteiger partial charge in [-0.3, -0.25) is 14.0 Å². The minimum atomic E-state index is -4.12. The first-order valence-electron chi connectivity index (χ1n) is 16.4. The molecule has 0 unspecified atom stereocenters. The highest BCUT2D eigenvalue weighted by Gasteiger charge is 2.39. The fourth-order valence-corrected chi connectivity index (χ4v) is 7.21. The third kappa shape index (κ3) is 8.97. The maximum Gasteiger partial charge on any atom is 0.376 e. The summed E-state index contributed by atoms with van der Waals surface area (Å²) in [7, 11) is -3.97. The second kappa shape index (κ2) is 16.0. The van der Waals surface area contributed by atoms with Crippen LogP contribution in [0, 0.1) is 0 Å². The number of sulfonamides is 1. The van der Waals surface area contributed by atoms with Crippen LogP contribution in [0.15, 0.2) is 114 Å². The number of carboxylic acid groups (broad SMARTS) is 1. The molecule has 4 aromatic carbocycles. The Morgan fingerprint density at radius 1 is 0.863 bits per heavy atom. The highest BCUT2D eigenvalue weighted by atomic mass is 32.2. The van der Waals surface area contributed by atoms with E-state index in [9.17, 15) is 31.6 Å². The first-order valence-corrected chi connectivity index (χ1v) is 17.9. The van der Waals surface area contributed by atoms with Crippen molar-refractivity contribution in [1.82, 2.24) is 5.32 Å². The maximum atomic E-state index is 13.9. The summed E-state index contributed by atoms with van der Waals surface area (Å²) in [4.78, 5) is 38.5. The van der Waals surface area contributed by atoms with Crippen molar-refractivity contribution in [2.75, 3.05) is 27.6 Å². The van der Waals surface area contributed by atoms with E-state index in [2.05, 4.69) is 11.4 Å². The van der Waals surface area contributed by atoms with E-state index in [-0.39, 0.29) is 29.2 Å². The van der Waals surface area contributed by atoms with Crippen molar-refractivity contribution in [3.05, 3.63) is 126 Å². The van der Waals surface area contributed by atoms with E-state index in [4.69, 9.17) is 5.11 Å². The third-order valence-corrected chi connectivity index (χ3v) is 10.3. The van der Waals surface area contributed by atoms with E-state index in [1.807, 2.05) is 29.6 Å². The number of carboxylic acids is 1. The van der Waals surface area contributed by atoms with Gasteiger partial charge in [0.05, 0.1) is 23.7 Å². The molecule has 1 aliphatic carbocycles. The minimum absolute atomic E-state index is 0.00218. The normalized spacial score (nSPS) is 13.1. The fourth-order valence-electron chi connectivity index (χ4n) is 5.69. The molecule has 4 aromatic rings. The molecule has 13 heteroatoms. The largest absolute Gasteiger partial charge is 0.477 e. The molecule has 3 amide bonds. The molecule has 0 heterocycles. The molecule has 0 aromatic heterocycles. The Balaban J connectivity index is 1.39. The maximum absolute atomic E-state index is 13.9. The number of amides is 3. The molecule has 3 N–H and O–H groups in total. The van der Waals surface area contributed by atoms with Crippen LogP contribution < -0.4 is 19.8 Å². The number of hydrogen-bond acceptors (Lipinski definition) is 5. The van der Waals surface area contributed by atoms with Gasteiger partial charge in [-0.1, -0.05) is 54.6 Å². The Morgan fingerprint density at radius 2 is 1.57 bits per heavy atom. The fraction of sp³-hybridized carbons (Fsp3) is 0.237. The van der Waals surface area contributed by atoms with Crippen LogP contribution in [0.25, 0.3) is 5.57 Å². The number of benzene rings is 4. The number of rotatable bonds is 13. The van der Waals surface area contributed by atoms with E-state index in [1.165, 1.54) is 39.0 Å². The summed E-state index contributed by atoms with van der Waals surface area (Å²) in [6, 6.07) is 27.6. The molecule has 0 aliphatic heterocycles. The molecule has 0 fully saturated rings. The molecule has 0 atom stereocenters. The molecular weight excluding hydrogens is 679 g/mol. The summed E-state index contributed by atoms with van der Waals surface area (Å²) in [5.74, 6) is -7.34. The zero-order chi connectivity index (χ0) is 36.6. The van der Waals surface area contributed by atoms with Crippen molar-refractivity contribution in [3.63, 3.8) is 0 Å². The molecule has 10 nitrogen and oxygen atoms in total. The van der Waals surface area contributed by atoms with Crippen LogP contribution in [0.5, 0.6) is 0 Å². The molecule has 0 bridgehead atoms. The van der Waals surface area contributed by atoms with Crippen LogP contribution in [0.2, 0.25) is 0 Å². The number of halogens is 2. The van der Waals surface area contributed by atoms with Gasteiger partial charge in [0, 0.05) is 23.5 Å². The Hall–Kier alpha value is -5.56. The van der Waals surface area contributed by atoms with Crippen molar-refractivity contribution in [2.45, 2.75) is 50.0 Å². The molecule has 51 heavy (non-hydrogen) atoms. The molecule has 0 radical (unpaired) electrons. The lowest BCUT2D eigenvalue weighted by atomic mass is 9.93. The van der Waals surface area contributed by atoms with Crippen LogP contribution in [0.1, 0.15) is 54.1 Å². The van der Waals surface area contributed by atoms with Gasteiger partial charge in [-0.15, -0.1) is 0 Å². The van der Waals surface area contributed by atoms with Gasteiger partial charge < -0.3 is 15.7 Å². The number of hydrogen-bond donors (Lipinski definition) is 3. The number of nitrogens with zero attached hydrogens (tertiary/aromatic N) is 2. The highest BCUT2D eigenvalue weighted by molar-refractivity contribution is 7.92. The number of anilines is 3. The standard InChI is InChI=1S/C38H38F2N4O6S/c1-2-44(33-13-7-4-8-14-33)51(49,50)34-15-9-12-31(24-34)42-37(48)43(32-22-20-29(21-23-32)28-10-5-3-6-11-28)25-27-16-18-30(19-17-27)35(45)41-26-38(39,40)36(46)47/h4,7-10,12-24H,2-3,5-6,11,25-26H2,1H3,(H,41,45)(H,42,48)(H,46,47). The van der Waals surface area contributed by atoms with Crippen molar-refractivity contribution in [2.24, 2.45) is 0 Å².